The van der Waals surface area contributed by atoms with Gasteiger partial charge in [-0.15, -0.1) is 0 Å². The highest BCUT2D eigenvalue weighted by Crippen LogP contribution is 2.37. The molecule has 0 spiro atoms. The van der Waals surface area contributed by atoms with Gasteiger partial charge in [-0.3, -0.25) is 0 Å². The Kier molecular flexibility index (Phi) is 8.26. The maximum Gasteiger partial charge on any atom is 0.416 e. The van der Waals surface area contributed by atoms with Crippen LogP contribution in [-0.2, 0) is 22.4 Å². The van der Waals surface area contributed by atoms with E-state index in [1.165, 1.54) is 0 Å². The van der Waals surface area contributed by atoms with E-state index in [1.807, 2.05) is 24.3 Å². The van der Waals surface area contributed by atoms with Crippen molar-refractivity contribution in [1.29, 1.82) is 0 Å². The first-order chi connectivity index (χ1) is 18.3. The summed E-state index contributed by atoms with van der Waals surface area (Å²) in [6.07, 6.45) is -7.46. The molecule has 0 aliphatic heterocycles. The molecule has 39 heavy (non-hydrogen) atoms. The number of rotatable bonds is 8. The van der Waals surface area contributed by atoms with Crippen molar-refractivity contribution in [3.63, 3.8) is 0 Å². The fourth-order valence-corrected chi connectivity index (χ4v) is 5.80. The molecule has 0 atom stereocenters. The van der Waals surface area contributed by atoms with Crippen molar-refractivity contribution in [3.8, 4) is 0 Å². The number of fused-ring (bicyclic) bond motifs is 1. The Labute approximate surface area is 221 Å². The molecule has 1 aromatic heterocycles. The van der Waals surface area contributed by atoms with E-state index in [0.717, 1.165) is 23.7 Å². The van der Waals surface area contributed by atoms with Gasteiger partial charge in [0.2, 0.25) is 16.0 Å². The molecule has 0 bridgehead atoms. The van der Waals surface area contributed by atoms with Gasteiger partial charge >= 0.3 is 12.4 Å². The predicted octanol–water partition coefficient (Wildman–Crippen LogP) is 5.91. The Hall–Kier alpha value is -3.13. The number of para-hydroxylation sites is 1. The van der Waals surface area contributed by atoms with Gasteiger partial charge in [-0.1, -0.05) is 12.1 Å². The first kappa shape index (κ1) is 28.9. The molecule has 14 heteroatoms. The highest BCUT2D eigenvalue weighted by atomic mass is 32.2. The Morgan fingerprint density at radius 3 is 1.97 bits per heavy atom. The van der Waals surface area contributed by atoms with Gasteiger partial charge in [-0.25, -0.2) is 18.1 Å². The minimum absolute atomic E-state index is 0.0839. The van der Waals surface area contributed by atoms with Gasteiger partial charge < -0.3 is 10.6 Å². The van der Waals surface area contributed by atoms with E-state index in [1.54, 1.807) is 7.05 Å². The minimum atomic E-state index is -5.13. The second-order valence-corrected chi connectivity index (χ2v) is 11.3. The number of sulfonamides is 1. The molecule has 0 amide bonds. The fraction of sp³-hybridized carbons (Fsp3) is 0.440. The molecular weight excluding hydrogens is 548 g/mol. The standard InChI is InChI=1S/C25H27F6N5O2S/c1-32-22-20-4-2-3-5-21(20)35-23(36-22)33-13-15-6-8-16(9-7-15)14-34-39(37,38)19-11-17(24(26,27)28)10-18(12-19)25(29,30)31/h2-5,10-12,15-16,34H,6-9,13-14H2,1H3,(H2,32,33,35,36). The van der Waals surface area contributed by atoms with Gasteiger partial charge in [0.15, 0.2) is 0 Å². The van der Waals surface area contributed by atoms with Gasteiger partial charge in [-0.2, -0.15) is 31.3 Å². The van der Waals surface area contributed by atoms with Crippen LogP contribution in [0.25, 0.3) is 10.9 Å². The van der Waals surface area contributed by atoms with Crippen LogP contribution in [0, 0.1) is 11.8 Å². The Balaban J connectivity index is 1.34. The topological polar surface area (TPSA) is 96.0 Å². The molecule has 212 valence electrons. The van der Waals surface area contributed by atoms with Crippen LogP contribution in [0.4, 0.5) is 38.1 Å². The maximum atomic E-state index is 13.1. The quantitative estimate of drug-likeness (QED) is 0.289. The summed E-state index contributed by atoms with van der Waals surface area (Å²) in [5, 5.41) is 7.20. The first-order valence-electron chi connectivity index (χ1n) is 12.2. The van der Waals surface area contributed by atoms with E-state index in [-0.39, 0.29) is 36.6 Å². The van der Waals surface area contributed by atoms with Crippen molar-refractivity contribution in [2.45, 2.75) is 42.9 Å². The number of benzene rings is 2. The van der Waals surface area contributed by atoms with Crippen LogP contribution in [0.5, 0.6) is 0 Å². The fourth-order valence-electron chi connectivity index (χ4n) is 4.61. The molecule has 7 nitrogen and oxygen atoms in total. The SMILES string of the molecule is CNc1nc(NCC2CCC(CNS(=O)(=O)c3cc(C(F)(F)F)cc(C(F)(F)F)c3)CC2)nc2ccccc12. The largest absolute Gasteiger partial charge is 0.416 e. The highest BCUT2D eigenvalue weighted by Gasteiger charge is 2.38. The van der Waals surface area contributed by atoms with Crippen molar-refractivity contribution in [1.82, 2.24) is 14.7 Å². The molecule has 3 N–H and O–H groups in total. The average Bonchev–Trinajstić information content (AvgIpc) is 2.89. The summed E-state index contributed by atoms with van der Waals surface area (Å²) in [6, 6.07) is 7.93. The number of hydrogen-bond donors (Lipinski definition) is 3. The first-order valence-corrected chi connectivity index (χ1v) is 13.7. The Morgan fingerprint density at radius 2 is 1.41 bits per heavy atom. The van der Waals surface area contributed by atoms with E-state index in [9.17, 15) is 34.8 Å². The van der Waals surface area contributed by atoms with Crippen molar-refractivity contribution >= 4 is 32.7 Å². The summed E-state index contributed by atoms with van der Waals surface area (Å²) < 4.78 is 106. The van der Waals surface area contributed by atoms with Crippen LogP contribution < -0.4 is 15.4 Å². The van der Waals surface area contributed by atoms with Crippen molar-refractivity contribution in [3.05, 3.63) is 53.6 Å². The van der Waals surface area contributed by atoms with Gasteiger partial charge in [0, 0.05) is 25.5 Å². The molecule has 1 heterocycles. The van der Waals surface area contributed by atoms with Crippen LogP contribution in [-0.4, -0.2) is 38.5 Å². The third-order valence-corrected chi connectivity index (χ3v) is 8.19. The summed E-state index contributed by atoms with van der Waals surface area (Å²) in [5.41, 5.74) is -2.57. The third kappa shape index (κ3) is 7.10. The van der Waals surface area contributed by atoms with E-state index >= 15 is 0 Å². The lowest BCUT2D eigenvalue weighted by Gasteiger charge is -2.28. The number of hydrogen-bond acceptors (Lipinski definition) is 6. The molecule has 2 aromatic carbocycles. The molecule has 1 aliphatic carbocycles. The number of nitrogens with one attached hydrogen (secondary N) is 3. The summed E-state index contributed by atoms with van der Waals surface area (Å²) in [5.74, 6) is 1.34. The second-order valence-electron chi connectivity index (χ2n) is 9.52. The minimum Gasteiger partial charge on any atom is -0.372 e. The smallest absolute Gasteiger partial charge is 0.372 e. The van der Waals surface area contributed by atoms with Crippen LogP contribution in [0.2, 0.25) is 0 Å². The molecule has 0 unspecified atom stereocenters. The monoisotopic (exact) mass is 575 g/mol. The Morgan fingerprint density at radius 1 is 0.846 bits per heavy atom. The zero-order valence-corrected chi connectivity index (χ0v) is 21.6. The molecule has 1 fully saturated rings. The zero-order chi connectivity index (χ0) is 28.4. The number of alkyl halides is 6. The zero-order valence-electron chi connectivity index (χ0n) is 20.8. The molecule has 4 rings (SSSR count). The van der Waals surface area contributed by atoms with Gasteiger partial charge in [-0.05, 0) is 67.9 Å². The van der Waals surface area contributed by atoms with Crippen molar-refractivity contribution in [2.24, 2.45) is 11.8 Å². The molecule has 3 aromatic rings. The summed E-state index contributed by atoms with van der Waals surface area (Å²) in [6.45, 7) is 0.518. The lowest BCUT2D eigenvalue weighted by molar-refractivity contribution is -0.143. The van der Waals surface area contributed by atoms with E-state index in [4.69, 9.17) is 0 Å². The number of halogens is 6. The lowest BCUT2D eigenvalue weighted by Crippen LogP contribution is -2.32. The molecule has 0 saturated heterocycles. The third-order valence-electron chi connectivity index (χ3n) is 6.79. The molecule has 0 radical (unpaired) electrons. The van der Waals surface area contributed by atoms with E-state index < -0.39 is 38.4 Å². The van der Waals surface area contributed by atoms with Crippen molar-refractivity contribution in [2.75, 3.05) is 30.8 Å². The number of anilines is 2. The lowest BCUT2D eigenvalue weighted by atomic mass is 9.82. The summed E-state index contributed by atoms with van der Waals surface area (Å²) in [7, 11) is -2.82. The van der Waals surface area contributed by atoms with Gasteiger partial charge in [0.1, 0.15) is 5.82 Å². The predicted molar refractivity (Wildman–Crippen MR) is 135 cm³/mol. The average molecular weight is 576 g/mol. The van der Waals surface area contributed by atoms with E-state index in [0.29, 0.717) is 31.2 Å². The second kappa shape index (κ2) is 11.2. The Bertz CT molecular complexity index is 1390. The van der Waals surface area contributed by atoms with E-state index in [2.05, 4.69) is 25.3 Å². The normalized spacial score (nSPS) is 18.7. The summed E-state index contributed by atoms with van der Waals surface area (Å²) in [4.78, 5) is 7.96. The number of nitrogens with zero attached hydrogens (tertiary/aromatic N) is 2. The summed E-state index contributed by atoms with van der Waals surface area (Å²) >= 11 is 0. The van der Waals surface area contributed by atoms with Gasteiger partial charge in [0.25, 0.3) is 0 Å². The molecule has 1 aliphatic rings. The molecular formula is C25H27F6N5O2S. The van der Waals surface area contributed by atoms with Gasteiger partial charge in [0.05, 0.1) is 21.5 Å². The van der Waals surface area contributed by atoms with Crippen LogP contribution >= 0.6 is 0 Å². The van der Waals surface area contributed by atoms with Crippen LogP contribution in [0.15, 0.2) is 47.4 Å². The number of aromatic nitrogens is 2. The molecule has 1 saturated carbocycles. The maximum absolute atomic E-state index is 13.1. The highest BCUT2D eigenvalue weighted by molar-refractivity contribution is 7.89. The van der Waals surface area contributed by atoms with Crippen LogP contribution in [0.1, 0.15) is 36.8 Å². The van der Waals surface area contributed by atoms with Crippen LogP contribution in [0.3, 0.4) is 0 Å². The van der Waals surface area contributed by atoms with Crippen molar-refractivity contribution < 1.29 is 34.8 Å².